The lowest BCUT2D eigenvalue weighted by Gasteiger charge is -2.01. The van der Waals surface area contributed by atoms with Crippen molar-refractivity contribution in [3.63, 3.8) is 0 Å². The van der Waals surface area contributed by atoms with E-state index in [1.807, 2.05) is 43.3 Å². The maximum Gasteiger partial charge on any atom is 0.351 e. The Morgan fingerprint density at radius 2 is 1.90 bits per heavy atom. The highest BCUT2D eigenvalue weighted by atomic mass is 16.2. The van der Waals surface area contributed by atoms with Gasteiger partial charge >= 0.3 is 5.69 Å². The van der Waals surface area contributed by atoms with Gasteiger partial charge in [0.1, 0.15) is 12.1 Å². The smallest absolute Gasteiger partial charge is 0.246 e. The average molecular weight is 266 g/mol. The maximum absolute atomic E-state index is 12.3. The molecule has 0 unspecified atom stereocenters. The van der Waals surface area contributed by atoms with Gasteiger partial charge in [0.05, 0.1) is 6.54 Å². The molecule has 0 aliphatic heterocycles. The molecule has 2 aromatic heterocycles. The third-order valence-electron chi connectivity index (χ3n) is 3.08. The van der Waals surface area contributed by atoms with Crippen molar-refractivity contribution >= 4 is 0 Å². The van der Waals surface area contributed by atoms with E-state index >= 15 is 0 Å². The fraction of sp³-hybridized carbons (Fsp3) is 0.133. The van der Waals surface area contributed by atoms with E-state index in [0.717, 1.165) is 5.56 Å². The summed E-state index contributed by atoms with van der Waals surface area (Å²) in [4.78, 5) is 16.4. The minimum atomic E-state index is -0.190. The molecule has 2 heterocycles. The Morgan fingerprint density at radius 3 is 2.60 bits per heavy atom. The van der Waals surface area contributed by atoms with Crippen molar-refractivity contribution in [3.8, 4) is 5.82 Å². The molecule has 0 radical (unpaired) electrons. The molecule has 0 aliphatic carbocycles. The van der Waals surface area contributed by atoms with Crippen molar-refractivity contribution in [3.05, 3.63) is 76.6 Å². The quantitative estimate of drug-likeness (QED) is 0.726. The molecular formula is C15H14N4O. The first-order valence-electron chi connectivity index (χ1n) is 6.35. The monoisotopic (exact) mass is 266 g/mol. The molecule has 0 bridgehead atoms. The van der Waals surface area contributed by atoms with Crippen LogP contribution in [-0.2, 0) is 6.54 Å². The minimum Gasteiger partial charge on any atom is -0.246 e. The summed E-state index contributed by atoms with van der Waals surface area (Å²) in [5.74, 6) is 0.577. The summed E-state index contributed by atoms with van der Waals surface area (Å²) in [7, 11) is 0. The topological polar surface area (TPSA) is 52.7 Å². The summed E-state index contributed by atoms with van der Waals surface area (Å²) < 4.78 is 2.87. The van der Waals surface area contributed by atoms with Gasteiger partial charge in [0.25, 0.3) is 0 Å². The average Bonchev–Trinajstić information content (AvgIpc) is 2.84. The van der Waals surface area contributed by atoms with Crippen LogP contribution in [0.5, 0.6) is 0 Å². The summed E-state index contributed by atoms with van der Waals surface area (Å²) in [6, 6.07) is 13.5. The molecule has 0 aliphatic rings. The van der Waals surface area contributed by atoms with Crippen LogP contribution in [0.1, 0.15) is 11.1 Å². The number of aromatic nitrogens is 4. The Morgan fingerprint density at radius 1 is 1.10 bits per heavy atom. The molecule has 3 rings (SSSR count). The SMILES string of the molecule is Cc1ccc(Cn2ncn(-c3ccccn3)c2=O)cc1. The van der Waals surface area contributed by atoms with Gasteiger partial charge in [-0.25, -0.2) is 19.0 Å². The molecule has 1 aromatic carbocycles. The lowest BCUT2D eigenvalue weighted by atomic mass is 10.1. The van der Waals surface area contributed by atoms with E-state index in [2.05, 4.69) is 10.1 Å². The fourth-order valence-electron chi connectivity index (χ4n) is 1.97. The third-order valence-corrected chi connectivity index (χ3v) is 3.08. The first-order chi connectivity index (χ1) is 9.74. The van der Waals surface area contributed by atoms with Crippen LogP contribution >= 0.6 is 0 Å². The Kier molecular flexibility index (Phi) is 3.16. The van der Waals surface area contributed by atoms with E-state index in [0.29, 0.717) is 12.4 Å². The Balaban J connectivity index is 1.91. The molecular weight excluding hydrogens is 252 g/mol. The van der Waals surface area contributed by atoms with Gasteiger partial charge in [-0.2, -0.15) is 5.10 Å². The molecule has 0 atom stereocenters. The highest BCUT2D eigenvalue weighted by molar-refractivity contribution is 5.22. The summed E-state index contributed by atoms with van der Waals surface area (Å²) >= 11 is 0. The third kappa shape index (κ3) is 2.38. The molecule has 0 fully saturated rings. The van der Waals surface area contributed by atoms with Crippen LogP contribution in [0, 0.1) is 6.92 Å². The second kappa shape index (κ2) is 5.13. The first-order valence-corrected chi connectivity index (χ1v) is 6.35. The van der Waals surface area contributed by atoms with Crippen LogP contribution in [0.15, 0.2) is 59.8 Å². The predicted octanol–water partition coefficient (Wildman–Crippen LogP) is 1.79. The van der Waals surface area contributed by atoms with Gasteiger partial charge in [0.15, 0.2) is 0 Å². The van der Waals surface area contributed by atoms with Crippen LogP contribution < -0.4 is 5.69 Å². The van der Waals surface area contributed by atoms with Crippen LogP contribution in [0.2, 0.25) is 0 Å². The zero-order valence-corrected chi connectivity index (χ0v) is 11.1. The highest BCUT2D eigenvalue weighted by Gasteiger charge is 2.07. The Hall–Kier alpha value is -2.69. The van der Waals surface area contributed by atoms with Gasteiger partial charge in [-0.1, -0.05) is 35.9 Å². The van der Waals surface area contributed by atoms with Gasteiger partial charge < -0.3 is 0 Å². The fourth-order valence-corrected chi connectivity index (χ4v) is 1.97. The van der Waals surface area contributed by atoms with Crippen molar-refractivity contribution in [1.29, 1.82) is 0 Å². The molecule has 3 aromatic rings. The van der Waals surface area contributed by atoms with E-state index in [1.54, 1.807) is 12.3 Å². The molecule has 0 saturated heterocycles. The van der Waals surface area contributed by atoms with E-state index in [-0.39, 0.29) is 5.69 Å². The first kappa shape index (κ1) is 12.3. The molecule has 0 N–H and O–H groups in total. The molecule has 0 spiro atoms. The number of aryl methyl sites for hydroxylation is 1. The van der Waals surface area contributed by atoms with Crippen LogP contribution in [-0.4, -0.2) is 19.3 Å². The zero-order valence-electron chi connectivity index (χ0n) is 11.1. The molecule has 20 heavy (non-hydrogen) atoms. The second-order valence-electron chi connectivity index (χ2n) is 4.61. The van der Waals surface area contributed by atoms with Crippen molar-refractivity contribution in [2.24, 2.45) is 0 Å². The number of hydrogen-bond acceptors (Lipinski definition) is 3. The summed E-state index contributed by atoms with van der Waals surface area (Å²) in [5.41, 5.74) is 2.05. The lowest BCUT2D eigenvalue weighted by molar-refractivity contribution is 0.652. The van der Waals surface area contributed by atoms with Gasteiger partial charge in [-0.3, -0.25) is 0 Å². The minimum absolute atomic E-state index is 0.190. The van der Waals surface area contributed by atoms with Gasteiger partial charge in [0.2, 0.25) is 0 Å². The standard InChI is InChI=1S/C15H14N4O/c1-12-5-7-13(8-6-12)10-19-15(20)18(11-17-19)14-4-2-3-9-16-14/h2-9,11H,10H2,1H3. The summed E-state index contributed by atoms with van der Waals surface area (Å²) in [5, 5.41) is 4.14. The van der Waals surface area contributed by atoms with Gasteiger partial charge in [-0.05, 0) is 24.6 Å². The number of benzene rings is 1. The highest BCUT2D eigenvalue weighted by Crippen LogP contribution is 2.04. The van der Waals surface area contributed by atoms with E-state index in [4.69, 9.17) is 0 Å². The predicted molar refractivity (Wildman–Crippen MR) is 75.9 cm³/mol. The number of rotatable bonds is 3. The number of hydrogen-bond donors (Lipinski definition) is 0. The van der Waals surface area contributed by atoms with Crippen LogP contribution in [0.4, 0.5) is 0 Å². The number of nitrogens with zero attached hydrogens (tertiary/aromatic N) is 4. The van der Waals surface area contributed by atoms with E-state index < -0.39 is 0 Å². The largest absolute Gasteiger partial charge is 0.351 e. The Bertz CT molecular complexity index is 757. The second-order valence-corrected chi connectivity index (χ2v) is 4.61. The number of pyridine rings is 1. The van der Waals surface area contributed by atoms with Crippen LogP contribution in [0.3, 0.4) is 0 Å². The molecule has 5 heteroatoms. The summed E-state index contributed by atoms with van der Waals surface area (Å²) in [6.07, 6.45) is 3.15. The lowest BCUT2D eigenvalue weighted by Crippen LogP contribution is -2.24. The molecule has 0 amide bonds. The van der Waals surface area contributed by atoms with Crippen molar-refractivity contribution < 1.29 is 0 Å². The molecule has 100 valence electrons. The van der Waals surface area contributed by atoms with E-state index in [1.165, 1.54) is 21.1 Å². The van der Waals surface area contributed by atoms with Gasteiger partial charge in [0, 0.05) is 6.20 Å². The van der Waals surface area contributed by atoms with Gasteiger partial charge in [-0.15, -0.1) is 0 Å². The van der Waals surface area contributed by atoms with Crippen molar-refractivity contribution in [1.82, 2.24) is 19.3 Å². The van der Waals surface area contributed by atoms with Crippen LogP contribution in [0.25, 0.3) is 5.82 Å². The Labute approximate surface area is 116 Å². The van der Waals surface area contributed by atoms with Crippen molar-refractivity contribution in [2.75, 3.05) is 0 Å². The normalized spacial score (nSPS) is 10.7. The zero-order chi connectivity index (χ0) is 13.9. The van der Waals surface area contributed by atoms with Crippen molar-refractivity contribution in [2.45, 2.75) is 13.5 Å². The molecule has 0 saturated carbocycles. The molecule has 5 nitrogen and oxygen atoms in total. The van der Waals surface area contributed by atoms with E-state index in [9.17, 15) is 4.79 Å². The maximum atomic E-state index is 12.3. The summed E-state index contributed by atoms with van der Waals surface area (Å²) in [6.45, 7) is 2.49.